The summed E-state index contributed by atoms with van der Waals surface area (Å²) in [5, 5.41) is 5.27. The van der Waals surface area contributed by atoms with Gasteiger partial charge in [0.1, 0.15) is 5.82 Å². The van der Waals surface area contributed by atoms with Crippen LogP contribution >= 0.6 is 0 Å². The first-order chi connectivity index (χ1) is 14.4. The molecule has 1 aromatic carbocycles. The molecule has 10 heteroatoms. The number of hydrogen-bond acceptors (Lipinski definition) is 5. The predicted molar refractivity (Wildman–Crippen MR) is 107 cm³/mol. The molecular formula is C20H23FN4O4S. The van der Waals surface area contributed by atoms with Crippen LogP contribution in [-0.4, -0.2) is 49.2 Å². The summed E-state index contributed by atoms with van der Waals surface area (Å²) in [7, 11) is -3.81. The van der Waals surface area contributed by atoms with E-state index in [2.05, 4.69) is 15.6 Å². The molecule has 1 saturated heterocycles. The first-order valence-corrected chi connectivity index (χ1v) is 11.0. The minimum Gasteiger partial charge on any atom is -0.350 e. The minimum atomic E-state index is -3.81. The van der Waals surface area contributed by atoms with Crippen LogP contribution < -0.4 is 10.6 Å². The number of rotatable bonds is 7. The number of aromatic nitrogens is 1. The van der Waals surface area contributed by atoms with Gasteiger partial charge < -0.3 is 10.6 Å². The highest BCUT2D eigenvalue weighted by atomic mass is 32.2. The highest BCUT2D eigenvalue weighted by molar-refractivity contribution is 7.89. The molecule has 2 aromatic rings. The van der Waals surface area contributed by atoms with Gasteiger partial charge in [0.25, 0.3) is 0 Å². The van der Waals surface area contributed by atoms with E-state index < -0.39 is 21.8 Å². The first-order valence-electron chi connectivity index (χ1n) is 9.55. The normalized spacial score (nSPS) is 17.3. The Balaban J connectivity index is 1.51. The number of hydrogen-bond donors (Lipinski definition) is 2. The third-order valence-corrected chi connectivity index (χ3v) is 6.75. The summed E-state index contributed by atoms with van der Waals surface area (Å²) in [5.74, 6) is -1.78. The zero-order valence-electron chi connectivity index (χ0n) is 16.3. The van der Waals surface area contributed by atoms with Gasteiger partial charge in [-0.1, -0.05) is 0 Å². The Morgan fingerprint density at radius 3 is 2.50 bits per heavy atom. The Hall–Kier alpha value is -2.85. The zero-order chi connectivity index (χ0) is 21.6. The molecule has 0 bridgehead atoms. The average Bonchev–Trinajstić information content (AvgIpc) is 2.77. The number of sulfonamides is 1. The molecule has 0 unspecified atom stereocenters. The fourth-order valence-electron chi connectivity index (χ4n) is 3.21. The Bertz CT molecular complexity index is 984. The Kier molecular flexibility index (Phi) is 7.11. The summed E-state index contributed by atoms with van der Waals surface area (Å²) < 4.78 is 39.8. The highest BCUT2D eigenvalue weighted by Gasteiger charge is 2.33. The lowest BCUT2D eigenvalue weighted by Gasteiger charge is -2.31. The second kappa shape index (κ2) is 9.77. The van der Waals surface area contributed by atoms with Crippen molar-refractivity contribution in [3.05, 3.63) is 60.2 Å². The maximum atomic E-state index is 13.1. The molecule has 0 radical (unpaired) electrons. The van der Waals surface area contributed by atoms with E-state index in [-0.39, 0.29) is 36.3 Å². The molecule has 1 atom stereocenters. The molecule has 8 nitrogen and oxygen atoms in total. The van der Waals surface area contributed by atoms with Gasteiger partial charge in [-0.3, -0.25) is 14.6 Å². The van der Waals surface area contributed by atoms with Crippen LogP contribution in [0.2, 0.25) is 0 Å². The van der Waals surface area contributed by atoms with Crippen LogP contribution in [0, 0.1) is 11.7 Å². The number of halogens is 1. The van der Waals surface area contributed by atoms with Crippen molar-refractivity contribution in [1.82, 2.24) is 19.9 Å². The minimum absolute atomic E-state index is 0.0135. The Labute approximate surface area is 174 Å². The van der Waals surface area contributed by atoms with Gasteiger partial charge in [0.15, 0.2) is 0 Å². The third kappa shape index (κ3) is 5.61. The summed E-state index contributed by atoms with van der Waals surface area (Å²) in [4.78, 5) is 28.3. The molecule has 30 heavy (non-hydrogen) atoms. The van der Waals surface area contributed by atoms with Gasteiger partial charge >= 0.3 is 0 Å². The number of nitrogens with zero attached hydrogens (tertiary/aromatic N) is 2. The van der Waals surface area contributed by atoms with Crippen LogP contribution in [0.3, 0.4) is 0 Å². The molecule has 2 heterocycles. The highest BCUT2D eigenvalue weighted by Crippen LogP contribution is 2.24. The second-order valence-corrected chi connectivity index (χ2v) is 8.94. The first kappa shape index (κ1) is 21.8. The van der Waals surface area contributed by atoms with Crippen LogP contribution in [0.4, 0.5) is 4.39 Å². The SMILES string of the molecule is O=C(CNC(=O)[C@H]1CCCN(S(=O)(=O)c2ccc(F)cc2)C1)NCc1ccncc1. The van der Waals surface area contributed by atoms with Gasteiger partial charge in [-0.15, -0.1) is 0 Å². The number of carbonyl (C=O) groups excluding carboxylic acids is 2. The van der Waals surface area contributed by atoms with Gasteiger partial charge in [0.05, 0.1) is 17.4 Å². The number of benzene rings is 1. The summed E-state index contributed by atoms with van der Waals surface area (Å²) >= 11 is 0. The van der Waals surface area contributed by atoms with Crippen molar-refractivity contribution in [2.45, 2.75) is 24.3 Å². The Morgan fingerprint density at radius 1 is 1.10 bits per heavy atom. The van der Waals surface area contributed by atoms with Crippen LogP contribution in [0.15, 0.2) is 53.7 Å². The average molecular weight is 434 g/mol. The van der Waals surface area contributed by atoms with Gasteiger partial charge in [0.2, 0.25) is 21.8 Å². The van der Waals surface area contributed by atoms with Crippen molar-refractivity contribution in [2.75, 3.05) is 19.6 Å². The summed E-state index contributed by atoms with van der Waals surface area (Å²) in [5.41, 5.74) is 0.888. The maximum Gasteiger partial charge on any atom is 0.243 e. The fraction of sp³-hybridized carbons (Fsp3) is 0.350. The molecule has 2 N–H and O–H groups in total. The lowest BCUT2D eigenvalue weighted by Crippen LogP contribution is -2.47. The lowest BCUT2D eigenvalue weighted by atomic mass is 9.99. The number of nitrogens with one attached hydrogen (secondary N) is 2. The van der Waals surface area contributed by atoms with Gasteiger partial charge in [-0.05, 0) is 54.8 Å². The van der Waals surface area contributed by atoms with Crippen molar-refractivity contribution >= 4 is 21.8 Å². The molecule has 0 aliphatic carbocycles. The van der Waals surface area contributed by atoms with E-state index in [1.807, 2.05) is 0 Å². The number of amides is 2. The van der Waals surface area contributed by atoms with Crippen LogP contribution in [0.25, 0.3) is 0 Å². The van der Waals surface area contributed by atoms with Gasteiger partial charge in [-0.2, -0.15) is 4.31 Å². The summed E-state index contributed by atoms with van der Waals surface area (Å²) in [6.07, 6.45) is 4.29. The van der Waals surface area contributed by atoms with Crippen LogP contribution in [0.5, 0.6) is 0 Å². The zero-order valence-corrected chi connectivity index (χ0v) is 17.1. The van der Waals surface area contributed by atoms with E-state index in [4.69, 9.17) is 0 Å². The fourth-order valence-corrected chi connectivity index (χ4v) is 4.73. The van der Waals surface area contributed by atoms with E-state index in [0.29, 0.717) is 19.4 Å². The van der Waals surface area contributed by atoms with E-state index in [0.717, 1.165) is 17.7 Å². The predicted octanol–water partition coefficient (Wildman–Crippen LogP) is 1.05. The largest absolute Gasteiger partial charge is 0.350 e. The molecule has 3 rings (SSSR count). The van der Waals surface area contributed by atoms with Crippen molar-refractivity contribution in [3.63, 3.8) is 0 Å². The van der Waals surface area contributed by atoms with Crippen molar-refractivity contribution in [2.24, 2.45) is 5.92 Å². The van der Waals surface area contributed by atoms with Crippen LogP contribution in [0.1, 0.15) is 18.4 Å². The van der Waals surface area contributed by atoms with Crippen molar-refractivity contribution < 1.29 is 22.4 Å². The van der Waals surface area contributed by atoms with E-state index >= 15 is 0 Å². The third-order valence-electron chi connectivity index (χ3n) is 4.87. The van der Waals surface area contributed by atoms with E-state index in [1.54, 1.807) is 24.5 Å². The van der Waals surface area contributed by atoms with Gasteiger partial charge in [0, 0.05) is 32.0 Å². The Morgan fingerprint density at radius 2 is 1.80 bits per heavy atom. The lowest BCUT2D eigenvalue weighted by molar-refractivity contribution is -0.129. The maximum absolute atomic E-state index is 13.1. The summed E-state index contributed by atoms with van der Waals surface area (Å²) in [6, 6.07) is 8.15. The number of carbonyl (C=O) groups is 2. The monoisotopic (exact) mass is 434 g/mol. The molecule has 1 fully saturated rings. The molecule has 2 amide bonds. The van der Waals surface area contributed by atoms with Crippen molar-refractivity contribution in [3.8, 4) is 0 Å². The topological polar surface area (TPSA) is 108 Å². The number of piperidine rings is 1. The molecule has 1 aliphatic rings. The van der Waals surface area contributed by atoms with Crippen LogP contribution in [-0.2, 0) is 26.2 Å². The molecule has 0 spiro atoms. The molecular weight excluding hydrogens is 411 g/mol. The molecule has 0 saturated carbocycles. The molecule has 160 valence electrons. The smallest absolute Gasteiger partial charge is 0.243 e. The molecule has 1 aliphatic heterocycles. The quantitative estimate of drug-likeness (QED) is 0.677. The summed E-state index contributed by atoms with van der Waals surface area (Å²) in [6.45, 7) is 0.440. The second-order valence-electron chi connectivity index (χ2n) is 7.01. The van der Waals surface area contributed by atoms with E-state index in [1.165, 1.54) is 16.4 Å². The van der Waals surface area contributed by atoms with Gasteiger partial charge in [-0.25, -0.2) is 12.8 Å². The number of pyridine rings is 1. The van der Waals surface area contributed by atoms with Crippen molar-refractivity contribution in [1.29, 1.82) is 0 Å². The molecule has 1 aromatic heterocycles. The van der Waals surface area contributed by atoms with E-state index in [9.17, 15) is 22.4 Å². The standard InChI is InChI=1S/C20H23FN4O4S/c21-17-3-5-18(6-4-17)30(28,29)25-11-1-2-16(14-25)20(27)24-13-19(26)23-12-15-7-9-22-10-8-15/h3-10,16H,1-2,11-14H2,(H,23,26)(H,24,27)/t16-/m0/s1.